The molecule has 1 N–H and O–H groups in total. The molecule has 0 amide bonds. The number of hydrogen-bond acceptors (Lipinski definition) is 2. The minimum Gasteiger partial charge on any atom is -0.481 e. The van der Waals surface area contributed by atoms with Crippen LogP contribution in [0.15, 0.2) is 12.2 Å². The molecular weight excluding hydrogens is 264 g/mol. The number of aliphatic carboxylic acids is 1. The molecule has 118 valence electrons. The molecule has 0 bridgehead atoms. The maximum atomic E-state index is 11.9. The number of carbonyl (C=O) groups excluding carboxylic acids is 1. The van der Waals surface area contributed by atoms with Crippen LogP contribution in [-0.4, -0.2) is 16.9 Å². The average Bonchev–Trinajstić information content (AvgIpc) is 2.36. The van der Waals surface area contributed by atoms with E-state index in [0.29, 0.717) is 12.3 Å². The normalized spacial score (nSPS) is 39.7. The highest BCUT2D eigenvalue weighted by atomic mass is 16.4. The van der Waals surface area contributed by atoms with Gasteiger partial charge in [-0.2, -0.15) is 0 Å². The number of Topliss-reactive ketones (excluding diaryl/α,β-unsaturated/α-hetero) is 1. The van der Waals surface area contributed by atoms with E-state index in [1.807, 2.05) is 6.92 Å². The lowest BCUT2D eigenvalue weighted by molar-refractivity contribution is -0.164. The van der Waals surface area contributed by atoms with Crippen molar-refractivity contribution in [3.63, 3.8) is 0 Å². The predicted octanol–water partition coefficient (Wildman–Crippen LogP) is 4.22. The van der Waals surface area contributed by atoms with Gasteiger partial charge in [0.05, 0.1) is 5.41 Å². The largest absolute Gasteiger partial charge is 0.481 e. The van der Waals surface area contributed by atoms with Crippen LogP contribution in [0.4, 0.5) is 0 Å². The monoisotopic (exact) mass is 292 g/mol. The van der Waals surface area contributed by atoms with E-state index in [2.05, 4.69) is 13.5 Å². The Bertz CT molecular complexity index is 467. The number of carboxylic acid groups (broad SMARTS) is 1. The Morgan fingerprint density at radius 1 is 1.33 bits per heavy atom. The summed E-state index contributed by atoms with van der Waals surface area (Å²) in [7, 11) is 0. The molecule has 0 aromatic heterocycles. The molecule has 2 saturated carbocycles. The lowest BCUT2D eigenvalue weighted by Crippen LogP contribution is -2.53. The van der Waals surface area contributed by atoms with Crippen molar-refractivity contribution in [2.45, 2.75) is 65.7 Å². The van der Waals surface area contributed by atoms with Gasteiger partial charge >= 0.3 is 5.97 Å². The molecule has 0 saturated heterocycles. The van der Waals surface area contributed by atoms with Crippen molar-refractivity contribution in [1.82, 2.24) is 0 Å². The number of ketones is 1. The minimum absolute atomic E-state index is 0.0177. The van der Waals surface area contributed by atoms with Crippen molar-refractivity contribution in [1.29, 1.82) is 0 Å². The van der Waals surface area contributed by atoms with Crippen molar-refractivity contribution in [2.75, 3.05) is 0 Å². The van der Waals surface area contributed by atoms with Crippen molar-refractivity contribution >= 4 is 11.8 Å². The molecular formula is C18H28O3. The Balaban J connectivity index is 2.33. The first kappa shape index (κ1) is 16.3. The molecule has 0 radical (unpaired) electrons. The second kappa shape index (κ2) is 5.58. The molecule has 0 heterocycles. The van der Waals surface area contributed by atoms with Gasteiger partial charge in [0.15, 0.2) is 0 Å². The molecule has 0 aromatic rings. The van der Waals surface area contributed by atoms with Gasteiger partial charge in [0, 0.05) is 6.42 Å². The molecule has 2 rings (SSSR count). The number of hydrogen-bond donors (Lipinski definition) is 1. The lowest BCUT2D eigenvalue weighted by atomic mass is 9.46. The molecule has 0 unspecified atom stereocenters. The molecule has 2 aliphatic rings. The highest BCUT2D eigenvalue weighted by Crippen LogP contribution is 2.61. The van der Waals surface area contributed by atoms with Gasteiger partial charge in [-0.15, -0.1) is 0 Å². The van der Waals surface area contributed by atoms with E-state index < -0.39 is 11.4 Å². The van der Waals surface area contributed by atoms with Gasteiger partial charge in [0.25, 0.3) is 0 Å². The topological polar surface area (TPSA) is 54.4 Å². The summed E-state index contributed by atoms with van der Waals surface area (Å²) in [5.74, 6) is 0.0411. The maximum absolute atomic E-state index is 11.9. The highest BCUT2D eigenvalue weighted by Gasteiger charge is 2.57. The van der Waals surface area contributed by atoms with Gasteiger partial charge in [-0.3, -0.25) is 4.79 Å². The molecule has 0 spiro atoms. The highest BCUT2D eigenvalue weighted by molar-refractivity contribution is 5.76. The first-order valence-corrected chi connectivity index (χ1v) is 8.12. The van der Waals surface area contributed by atoms with Crippen LogP contribution in [0.25, 0.3) is 0 Å². The maximum Gasteiger partial charge on any atom is 0.309 e. The number of carboxylic acids is 1. The van der Waals surface area contributed by atoms with Gasteiger partial charge in [0.2, 0.25) is 0 Å². The van der Waals surface area contributed by atoms with E-state index >= 15 is 0 Å². The predicted molar refractivity (Wildman–Crippen MR) is 83.0 cm³/mol. The van der Waals surface area contributed by atoms with Gasteiger partial charge < -0.3 is 9.90 Å². The van der Waals surface area contributed by atoms with Crippen LogP contribution in [0, 0.1) is 22.7 Å². The molecule has 2 aliphatic carbocycles. The zero-order valence-electron chi connectivity index (χ0n) is 13.6. The van der Waals surface area contributed by atoms with Crippen LogP contribution in [0.1, 0.15) is 65.7 Å². The van der Waals surface area contributed by atoms with E-state index in [0.717, 1.165) is 38.5 Å². The van der Waals surface area contributed by atoms with Crippen molar-refractivity contribution in [2.24, 2.45) is 22.7 Å². The van der Waals surface area contributed by atoms with Gasteiger partial charge in [0.1, 0.15) is 5.78 Å². The molecule has 2 fully saturated rings. The zero-order valence-corrected chi connectivity index (χ0v) is 13.6. The van der Waals surface area contributed by atoms with Gasteiger partial charge in [-0.05, 0) is 63.2 Å². The third-order valence-corrected chi connectivity index (χ3v) is 6.29. The summed E-state index contributed by atoms with van der Waals surface area (Å²) in [6.45, 7) is 10.0. The molecule has 21 heavy (non-hydrogen) atoms. The Labute approximate surface area is 127 Å². The van der Waals surface area contributed by atoms with Crippen molar-refractivity contribution in [3.05, 3.63) is 12.2 Å². The number of allylic oxidation sites excluding steroid dienone is 1. The lowest BCUT2D eigenvalue weighted by Gasteiger charge is -2.57. The molecule has 0 aromatic carbocycles. The Morgan fingerprint density at radius 2 is 2.00 bits per heavy atom. The Morgan fingerprint density at radius 3 is 2.57 bits per heavy atom. The number of fused-ring (bicyclic) bond motifs is 1. The van der Waals surface area contributed by atoms with Gasteiger partial charge in [-0.1, -0.05) is 25.5 Å². The van der Waals surface area contributed by atoms with Gasteiger partial charge in [-0.25, -0.2) is 0 Å². The van der Waals surface area contributed by atoms with Crippen molar-refractivity contribution < 1.29 is 14.7 Å². The molecule has 0 aliphatic heterocycles. The fraction of sp³-hybridized carbons (Fsp3) is 0.778. The third kappa shape index (κ3) is 2.67. The first-order chi connectivity index (χ1) is 9.71. The fourth-order valence-corrected chi connectivity index (χ4v) is 5.09. The quantitative estimate of drug-likeness (QED) is 0.789. The number of rotatable bonds is 4. The SMILES string of the molecule is C=C1CC[C@@H]2[C@](C)(CCC[C@]2(C)C(=O)O)[C@H]1CCC(C)=O. The number of carbonyl (C=O) groups is 2. The zero-order chi connectivity index (χ0) is 15.8. The smallest absolute Gasteiger partial charge is 0.309 e. The summed E-state index contributed by atoms with van der Waals surface area (Å²) in [5.41, 5.74) is 0.586. The van der Waals surface area contributed by atoms with Crippen molar-refractivity contribution in [3.8, 4) is 0 Å². The average molecular weight is 292 g/mol. The first-order valence-electron chi connectivity index (χ1n) is 8.12. The summed E-state index contributed by atoms with van der Waals surface area (Å²) < 4.78 is 0. The van der Waals surface area contributed by atoms with E-state index in [9.17, 15) is 14.7 Å². The van der Waals surface area contributed by atoms with Crippen LogP contribution in [0.3, 0.4) is 0 Å². The van der Waals surface area contributed by atoms with Crippen LogP contribution in [-0.2, 0) is 9.59 Å². The molecule has 3 heteroatoms. The summed E-state index contributed by atoms with van der Waals surface area (Å²) in [6, 6.07) is 0. The summed E-state index contributed by atoms with van der Waals surface area (Å²) in [4.78, 5) is 23.2. The van der Waals surface area contributed by atoms with E-state index in [1.54, 1.807) is 6.92 Å². The van der Waals surface area contributed by atoms with E-state index in [-0.39, 0.29) is 17.1 Å². The second-order valence-electron chi connectivity index (χ2n) is 7.62. The van der Waals surface area contributed by atoms with E-state index in [1.165, 1.54) is 5.57 Å². The van der Waals surface area contributed by atoms with Crippen LogP contribution < -0.4 is 0 Å². The van der Waals surface area contributed by atoms with Crippen LogP contribution in [0.5, 0.6) is 0 Å². The van der Waals surface area contributed by atoms with E-state index in [4.69, 9.17) is 0 Å². The fourth-order valence-electron chi connectivity index (χ4n) is 5.09. The standard InChI is InChI=1S/C18H28O3/c1-12-6-9-15-17(3,14(12)8-7-13(2)19)10-5-11-18(15,4)16(20)21/h14-15H,1,5-11H2,2-4H3,(H,20,21)/t14-,15+,17+,18-/m0/s1. The molecule has 3 nitrogen and oxygen atoms in total. The Hall–Kier alpha value is -1.12. The molecule has 4 atom stereocenters. The second-order valence-corrected chi connectivity index (χ2v) is 7.62. The summed E-state index contributed by atoms with van der Waals surface area (Å²) >= 11 is 0. The van der Waals surface area contributed by atoms with Crippen LogP contribution >= 0.6 is 0 Å². The minimum atomic E-state index is -0.656. The van der Waals surface area contributed by atoms with Crippen LogP contribution in [0.2, 0.25) is 0 Å². The Kier molecular flexibility index (Phi) is 4.32. The summed E-state index contributed by atoms with van der Waals surface area (Å²) in [6.07, 6.45) is 6.03. The third-order valence-electron chi connectivity index (χ3n) is 6.29. The summed E-state index contributed by atoms with van der Waals surface area (Å²) in [5, 5.41) is 9.74.